The van der Waals surface area contributed by atoms with E-state index in [-0.39, 0.29) is 0 Å². The van der Waals surface area contributed by atoms with E-state index in [0.29, 0.717) is 6.04 Å². The molecule has 0 aliphatic carbocycles. The van der Waals surface area contributed by atoms with Crippen LogP contribution in [-0.4, -0.2) is 6.04 Å². The van der Waals surface area contributed by atoms with Crippen molar-refractivity contribution in [2.75, 3.05) is 11.5 Å². The molecule has 23 heavy (non-hydrogen) atoms. The van der Waals surface area contributed by atoms with Crippen LogP contribution in [0.4, 0.5) is 11.4 Å². The highest BCUT2D eigenvalue weighted by Crippen LogP contribution is 2.33. The van der Waals surface area contributed by atoms with Gasteiger partial charge < -0.3 is 16.8 Å². The molecule has 3 nitrogen and oxygen atoms in total. The Bertz CT molecular complexity index is 606. The maximum Gasteiger partial charge on any atom is 0.0395 e. The van der Waals surface area contributed by atoms with Gasteiger partial charge in [-0.25, -0.2) is 0 Å². The van der Waals surface area contributed by atoms with E-state index in [0.717, 1.165) is 23.5 Å². The summed E-state index contributed by atoms with van der Waals surface area (Å²) in [5.74, 6) is 0. The lowest BCUT2D eigenvalue weighted by Gasteiger charge is -2.18. The molecule has 0 fully saturated rings. The quantitative estimate of drug-likeness (QED) is 0.565. The van der Waals surface area contributed by atoms with Crippen molar-refractivity contribution < 1.29 is 0 Å². The summed E-state index contributed by atoms with van der Waals surface area (Å²) in [5.41, 5.74) is 17.2. The average Bonchev–Trinajstić information content (AvgIpc) is 3.00. The maximum atomic E-state index is 6.15. The Hall–Kier alpha value is -1.52. The van der Waals surface area contributed by atoms with E-state index in [9.17, 15) is 0 Å². The second-order valence-corrected chi connectivity index (χ2v) is 6.91. The molecule has 2 rings (SSSR count). The van der Waals surface area contributed by atoms with E-state index >= 15 is 0 Å². The molecule has 0 radical (unpaired) electrons. The Kier molecular flexibility index (Phi) is 6.93. The summed E-state index contributed by atoms with van der Waals surface area (Å²) in [6.45, 7) is 5.40. The minimum Gasteiger partial charge on any atom is -0.399 e. The third-order valence-electron chi connectivity index (χ3n) is 4.23. The zero-order valence-corrected chi connectivity index (χ0v) is 15.1. The van der Waals surface area contributed by atoms with Gasteiger partial charge >= 0.3 is 0 Å². The number of unbranched alkanes of at least 4 members (excludes halogenated alkanes) is 1. The number of nitrogens with two attached hydrogens (primary N) is 2. The molecule has 0 bridgehead atoms. The molecule has 5 N–H and O–H groups in total. The highest BCUT2D eigenvalue weighted by Gasteiger charge is 2.12. The van der Waals surface area contributed by atoms with Crippen LogP contribution < -0.4 is 16.8 Å². The van der Waals surface area contributed by atoms with Crippen molar-refractivity contribution in [1.29, 1.82) is 0 Å². The van der Waals surface area contributed by atoms with Crippen molar-refractivity contribution in [2.24, 2.45) is 0 Å². The van der Waals surface area contributed by atoms with Crippen LogP contribution in [0.15, 0.2) is 29.0 Å². The summed E-state index contributed by atoms with van der Waals surface area (Å²) >= 11 is 1.72. The number of hydrogen-bond donors (Lipinski definition) is 3. The molecule has 0 spiro atoms. The standard InChI is InChI=1S/C19H29N3S/c1-3-5-7-16(6-4-2)22-11-14-12-23-13-18(14)17-10-15(20)8-9-19(17)21/h8-10,12-13,16,22H,3-7,11,20-21H2,1-2H3. The summed E-state index contributed by atoms with van der Waals surface area (Å²) in [4.78, 5) is 0. The van der Waals surface area contributed by atoms with E-state index in [2.05, 4.69) is 29.9 Å². The third-order valence-corrected chi connectivity index (χ3v) is 5.03. The normalized spacial score (nSPS) is 12.4. The van der Waals surface area contributed by atoms with Crippen LogP contribution in [-0.2, 0) is 6.54 Å². The topological polar surface area (TPSA) is 64.1 Å². The van der Waals surface area contributed by atoms with Crippen LogP contribution in [0.3, 0.4) is 0 Å². The predicted molar refractivity (Wildman–Crippen MR) is 104 cm³/mol. The molecule has 1 heterocycles. The maximum absolute atomic E-state index is 6.15. The van der Waals surface area contributed by atoms with Gasteiger partial charge in [0.1, 0.15) is 0 Å². The number of thiophene rings is 1. The fourth-order valence-electron chi connectivity index (χ4n) is 2.91. The summed E-state index contributed by atoms with van der Waals surface area (Å²) < 4.78 is 0. The Morgan fingerprint density at radius 3 is 2.61 bits per heavy atom. The molecule has 0 aliphatic rings. The Morgan fingerprint density at radius 2 is 1.87 bits per heavy atom. The van der Waals surface area contributed by atoms with Crippen LogP contribution in [0, 0.1) is 0 Å². The molecule has 0 saturated carbocycles. The Balaban J connectivity index is 2.10. The molecule has 4 heteroatoms. The van der Waals surface area contributed by atoms with Gasteiger partial charge in [-0.15, -0.1) is 0 Å². The fourth-order valence-corrected chi connectivity index (χ4v) is 3.76. The summed E-state index contributed by atoms with van der Waals surface area (Å²) in [5, 5.41) is 8.12. The van der Waals surface area contributed by atoms with Crippen LogP contribution in [0.1, 0.15) is 51.5 Å². The first-order valence-electron chi connectivity index (χ1n) is 8.59. The number of nitrogen functional groups attached to an aromatic ring is 2. The first-order chi connectivity index (χ1) is 11.2. The van der Waals surface area contributed by atoms with Crippen molar-refractivity contribution in [3.05, 3.63) is 34.5 Å². The average molecular weight is 332 g/mol. The first kappa shape index (κ1) is 17.8. The smallest absolute Gasteiger partial charge is 0.0395 e. The molecular weight excluding hydrogens is 302 g/mol. The number of benzene rings is 1. The number of rotatable bonds is 9. The fraction of sp³-hybridized carbons (Fsp3) is 0.474. The van der Waals surface area contributed by atoms with Crippen LogP contribution in [0.25, 0.3) is 11.1 Å². The molecule has 2 aromatic rings. The van der Waals surface area contributed by atoms with Crippen LogP contribution >= 0.6 is 11.3 Å². The molecule has 1 unspecified atom stereocenters. The number of nitrogens with one attached hydrogen (secondary N) is 1. The molecule has 0 aliphatic heterocycles. The van der Waals surface area contributed by atoms with Gasteiger partial charge in [-0.05, 0) is 52.9 Å². The largest absolute Gasteiger partial charge is 0.399 e. The molecule has 0 amide bonds. The van der Waals surface area contributed by atoms with Gasteiger partial charge in [-0.2, -0.15) is 11.3 Å². The molecule has 1 atom stereocenters. The Labute approximate surface area is 144 Å². The second-order valence-electron chi connectivity index (χ2n) is 6.17. The molecule has 126 valence electrons. The van der Waals surface area contributed by atoms with Crippen molar-refractivity contribution in [1.82, 2.24) is 5.32 Å². The van der Waals surface area contributed by atoms with Gasteiger partial charge in [0.25, 0.3) is 0 Å². The summed E-state index contributed by atoms with van der Waals surface area (Å²) in [6, 6.07) is 6.32. The lowest BCUT2D eigenvalue weighted by atomic mass is 10.0. The van der Waals surface area contributed by atoms with Crippen molar-refractivity contribution in [3.63, 3.8) is 0 Å². The molecule has 1 aromatic heterocycles. The van der Waals surface area contributed by atoms with Gasteiger partial charge in [0, 0.05) is 29.5 Å². The van der Waals surface area contributed by atoms with Crippen LogP contribution in [0.2, 0.25) is 0 Å². The number of hydrogen-bond acceptors (Lipinski definition) is 4. The van der Waals surface area contributed by atoms with Gasteiger partial charge in [0.15, 0.2) is 0 Å². The highest BCUT2D eigenvalue weighted by molar-refractivity contribution is 7.08. The highest BCUT2D eigenvalue weighted by atomic mass is 32.1. The van der Waals surface area contributed by atoms with Crippen molar-refractivity contribution in [2.45, 2.75) is 58.5 Å². The Morgan fingerprint density at radius 1 is 1.04 bits per heavy atom. The predicted octanol–water partition coefficient (Wildman–Crippen LogP) is 5.03. The molecule has 0 saturated heterocycles. The first-order valence-corrected chi connectivity index (χ1v) is 9.53. The van der Waals surface area contributed by atoms with E-state index < -0.39 is 0 Å². The second kappa shape index (κ2) is 8.94. The van der Waals surface area contributed by atoms with Gasteiger partial charge in [0.2, 0.25) is 0 Å². The summed E-state index contributed by atoms with van der Waals surface area (Å²) in [7, 11) is 0. The van der Waals surface area contributed by atoms with Crippen molar-refractivity contribution >= 4 is 22.7 Å². The minimum atomic E-state index is 0.603. The van der Waals surface area contributed by atoms with Crippen molar-refractivity contribution in [3.8, 4) is 11.1 Å². The zero-order valence-electron chi connectivity index (χ0n) is 14.3. The lowest BCUT2D eigenvalue weighted by molar-refractivity contribution is 0.434. The monoisotopic (exact) mass is 331 g/mol. The SMILES string of the molecule is CCCCC(CCC)NCc1cscc1-c1cc(N)ccc1N. The van der Waals surface area contributed by atoms with Crippen LogP contribution in [0.5, 0.6) is 0 Å². The van der Waals surface area contributed by atoms with E-state index in [1.54, 1.807) is 11.3 Å². The summed E-state index contributed by atoms with van der Waals surface area (Å²) in [6.07, 6.45) is 6.26. The molecule has 1 aromatic carbocycles. The third kappa shape index (κ3) is 4.98. The lowest BCUT2D eigenvalue weighted by Crippen LogP contribution is -2.28. The molecular formula is C19H29N3S. The van der Waals surface area contributed by atoms with E-state index in [1.807, 2.05) is 18.2 Å². The zero-order chi connectivity index (χ0) is 16.7. The van der Waals surface area contributed by atoms with E-state index in [1.165, 1.54) is 43.2 Å². The van der Waals surface area contributed by atoms with E-state index in [4.69, 9.17) is 11.5 Å². The van der Waals surface area contributed by atoms with Gasteiger partial charge in [0.05, 0.1) is 0 Å². The van der Waals surface area contributed by atoms with Gasteiger partial charge in [-0.3, -0.25) is 0 Å². The minimum absolute atomic E-state index is 0.603. The number of anilines is 2. The van der Waals surface area contributed by atoms with Gasteiger partial charge in [-0.1, -0.05) is 33.1 Å².